The van der Waals surface area contributed by atoms with Gasteiger partial charge in [-0.1, -0.05) is 0 Å². The highest BCUT2D eigenvalue weighted by molar-refractivity contribution is 7.20. The van der Waals surface area contributed by atoms with Gasteiger partial charge in [0.05, 0.1) is 21.2 Å². The molecule has 0 aliphatic heterocycles. The molecule has 2 heterocycles. The Labute approximate surface area is 127 Å². The zero-order valence-corrected chi connectivity index (χ0v) is 11.8. The van der Waals surface area contributed by atoms with Gasteiger partial charge in [-0.25, -0.2) is 4.39 Å². The number of nitro benzene ring substituents is 1. The van der Waals surface area contributed by atoms with E-state index in [2.05, 4.69) is 4.98 Å². The van der Waals surface area contributed by atoms with Gasteiger partial charge in [0.1, 0.15) is 5.75 Å². The molecule has 0 saturated heterocycles. The average molecular weight is 317 g/mol. The summed E-state index contributed by atoms with van der Waals surface area (Å²) in [5.74, 6) is -0.540. The number of rotatable bonds is 4. The molecule has 0 amide bonds. The summed E-state index contributed by atoms with van der Waals surface area (Å²) in [4.78, 5) is 14.8. The number of nitrogens with zero attached hydrogens (tertiary/aromatic N) is 2. The van der Waals surface area contributed by atoms with Crippen LogP contribution in [0.25, 0.3) is 10.2 Å². The highest BCUT2D eigenvalue weighted by atomic mass is 32.1. The SMILES string of the molecule is N=Cc1cc2nccc(Oc3ccc([N+](=O)[O-])cc3F)c2s1. The third-order valence-corrected chi connectivity index (χ3v) is 3.97. The predicted molar refractivity (Wildman–Crippen MR) is 80.6 cm³/mol. The van der Waals surface area contributed by atoms with Crippen LogP contribution in [0.15, 0.2) is 36.5 Å². The van der Waals surface area contributed by atoms with Crippen LogP contribution in [-0.4, -0.2) is 16.1 Å². The van der Waals surface area contributed by atoms with Crippen molar-refractivity contribution in [3.05, 3.63) is 57.3 Å². The molecular weight excluding hydrogens is 309 g/mol. The molecule has 1 N–H and O–H groups in total. The lowest BCUT2D eigenvalue weighted by Crippen LogP contribution is -1.92. The number of aromatic nitrogens is 1. The minimum atomic E-state index is -0.817. The lowest BCUT2D eigenvalue weighted by molar-refractivity contribution is -0.385. The Hall–Kier alpha value is -2.87. The van der Waals surface area contributed by atoms with E-state index in [-0.39, 0.29) is 11.4 Å². The van der Waals surface area contributed by atoms with Crippen molar-refractivity contribution in [2.75, 3.05) is 0 Å². The van der Waals surface area contributed by atoms with Crippen molar-refractivity contribution in [2.24, 2.45) is 0 Å². The van der Waals surface area contributed by atoms with E-state index < -0.39 is 10.7 Å². The average Bonchev–Trinajstić information content (AvgIpc) is 2.93. The Morgan fingerprint density at radius 1 is 1.32 bits per heavy atom. The molecule has 3 rings (SSSR count). The fourth-order valence-corrected chi connectivity index (χ4v) is 2.78. The summed E-state index contributed by atoms with van der Waals surface area (Å²) in [6, 6.07) is 6.50. The molecule has 0 unspecified atom stereocenters. The molecule has 2 aromatic heterocycles. The zero-order valence-electron chi connectivity index (χ0n) is 10.9. The molecule has 0 fully saturated rings. The van der Waals surface area contributed by atoms with E-state index in [1.54, 1.807) is 12.1 Å². The van der Waals surface area contributed by atoms with Gasteiger partial charge in [0.2, 0.25) is 0 Å². The van der Waals surface area contributed by atoms with Crippen LogP contribution >= 0.6 is 11.3 Å². The third kappa shape index (κ3) is 2.51. The van der Waals surface area contributed by atoms with Gasteiger partial charge in [-0.3, -0.25) is 15.1 Å². The number of halogens is 1. The highest BCUT2D eigenvalue weighted by Crippen LogP contribution is 2.35. The van der Waals surface area contributed by atoms with E-state index in [9.17, 15) is 14.5 Å². The van der Waals surface area contributed by atoms with E-state index >= 15 is 0 Å². The van der Waals surface area contributed by atoms with Crippen molar-refractivity contribution < 1.29 is 14.1 Å². The van der Waals surface area contributed by atoms with Gasteiger partial charge in [-0.15, -0.1) is 11.3 Å². The maximum Gasteiger partial charge on any atom is 0.272 e. The van der Waals surface area contributed by atoms with Crippen LogP contribution in [-0.2, 0) is 0 Å². The summed E-state index contributed by atoms with van der Waals surface area (Å²) in [6.07, 6.45) is 2.71. The maximum absolute atomic E-state index is 13.9. The van der Waals surface area contributed by atoms with Crippen LogP contribution in [0.5, 0.6) is 11.5 Å². The predicted octanol–water partition coefficient (Wildman–Crippen LogP) is 4.13. The van der Waals surface area contributed by atoms with E-state index in [1.165, 1.54) is 35.9 Å². The monoisotopic (exact) mass is 317 g/mol. The summed E-state index contributed by atoms with van der Waals surface area (Å²) in [5.41, 5.74) is 0.301. The smallest absolute Gasteiger partial charge is 0.272 e. The van der Waals surface area contributed by atoms with Crippen molar-refractivity contribution in [3.63, 3.8) is 0 Å². The maximum atomic E-state index is 13.9. The van der Waals surface area contributed by atoms with Gasteiger partial charge in [0, 0.05) is 29.4 Å². The van der Waals surface area contributed by atoms with E-state index in [0.29, 0.717) is 20.8 Å². The molecule has 0 aliphatic rings. The Morgan fingerprint density at radius 2 is 2.14 bits per heavy atom. The number of pyridine rings is 1. The molecule has 0 saturated carbocycles. The van der Waals surface area contributed by atoms with Crippen LogP contribution in [0.3, 0.4) is 0 Å². The van der Waals surface area contributed by atoms with Crippen molar-refractivity contribution in [3.8, 4) is 11.5 Å². The van der Waals surface area contributed by atoms with Gasteiger partial charge in [-0.05, 0) is 12.1 Å². The second-order valence-corrected chi connectivity index (χ2v) is 5.37. The second-order valence-electron chi connectivity index (χ2n) is 4.29. The molecule has 110 valence electrons. The molecule has 0 radical (unpaired) electrons. The molecule has 6 nitrogen and oxygen atoms in total. The number of ether oxygens (including phenoxy) is 1. The first-order chi connectivity index (χ1) is 10.6. The lowest BCUT2D eigenvalue weighted by Gasteiger charge is -2.07. The van der Waals surface area contributed by atoms with Crippen molar-refractivity contribution >= 4 is 33.5 Å². The summed E-state index contributed by atoms with van der Waals surface area (Å²) in [5, 5.41) is 17.9. The molecule has 0 bridgehead atoms. The van der Waals surface area contributed by atoms with Crippen molar-refractivity contribution in [1.29, 1.82) is 5.41 Å². The van der Waals surface area contributed by atoms with Gasteiger partial charge >= 0.3 is 0 Å². The summed E-state index contributed by atoms with van der Waals surface area (Å²) in [7, 11) is 0. The summed E-state index contributed by atoms with van der Waals surface area (Å²) < 4.78 is 20.1. The number of hydrogen-bond acceptors (Lipinski definition) is 6. The normalized spacial score (nSPS) is 10.6. The van der Waals surface area contributed by atoms with Gasteiger partial charge < -0.3 is 10.1 Å². The molecule has 0 spiro atoms. The third-order valence-electron chi connectivity index (χ3n) is 2.88. The first-order valence-corrected chi connectivity index (χ1v) is 6.91. The van der Waals surface area contributed by atoms with Gasteiger partial charge in [0.15, 0.2) is 11.6 Å². The number of hydrogen-bond donors (Lipinski definition) is 1. The number of thiophene rings is 1. The summed E-state index contributed by atoms with van der Waals surface area (Å²) >= 11 is 1.30. The molecular formula is C14H8FN3O3S. The van der Waals surface area contributed by atoms with Crippen molar-refractivity contribution in [1.82, 2.24) is 4.98 Å². The number of nitro groups is 1. The molecule has 1 aromatic carbocycles. The lowest BCUT2D eigenvalue weighted by atomic mass is 10.3. The zero-order chi connectivity index (χ0) is 15.7. The highest BCUT2D eigenvalue weighted by Gasteiger charge is 2.14. The minimum Gasteiger partial charge on any atom is -0.453 e. The van der Waals surface area contributed by atoms with Crippen LogP contribution in [0, 0.1) is 21.3 Å². The Balaban J connectivity index is 2.01. The molecule has 0 aliphatic carbocycles. The van der Waals surface area contributed by atoms with Crippen LogP contribution in [0.1, 0.15) is 4.88 Å². The van der Waals surface area contributed by atoms with Crippen LogP contribution in [0.4, 0.5) is 10.1 Å². The van der Waals surface area contributed by atoms with E-state index in [0.717, 1.165) is 6.07 Å². The van der Waals surface area contributed by atoms with Gasteiger partial charge in [0.25, 0.3) is 5.69 Å². The molecule has 0 atom stereocenters. The number of fused-ring (bicyclic) bond motifs is 1. The first kappa shape index (κ1) is 14.1. The first-order valence-electron chi connectivity index (χ1n) is 6.09. The Kier molecular flexibility index (Phi) is 3.51. The fourth-order valence-electron chi connectivity index (χ4n) is 1.89. The Bertz CT molecular complexity index is 894. The largest absolute Gasteiger partial charge is 0.453 e. The number of non-ortho nitro benzene ring substituents is 1. The summed E-state index contributed by atoms with van der Waals surface area (Å²) in [6.45, 7) is 0. The van der Waals surface area contributed by atoms with E-state index in [1.807, 2.05) is 0 Å². The second kappa shape index (κ2) is 5.49. The fraction of sp³-hybridized carbons (Fsp3) is 0. The molecule has 3 aromatic rings. The van der Waals surface area contributed by atoms with Crippen LogP contribution < -0.4 is 4.74 Å². The van der Waals surface area contributed by atoms with Crippen LogP contribution in [0.2, 0.25) is 0 Å². The van der Waals surface area contributed by atoms with Crippen molar-refractivity contribution in [2.45, 2.75) is 0 Å². The number of nitrogens with one attached hydrogen (secondary N) is 1. The van der Waals surface area contributed by atoms with Gasteiger partial charge in [-0.2, -0.15) is 0 Å². The number of benzene rings is 1. The topological polar surface area (TPSA) is 89.1 Å². The Morgan fingerprint density at radius 3 is 2.82 bits per heavy atom. The molecule has 8 heteroatoms. The van der Waals surface area contributed by atoms with E-state index in [4.69, 9.17) is 10.1 Å². The molecule has 22 heavy (non-hydrogen) atoms. The standard InChI is InChI=1S/C14H8FN3O3S/c15-10-5-8(18(19)20)1-2-12(10)21-13-3-4-17-11-6-9(7-16)22-14(11)13/h1-7,16H. The minimum absolute atomic E-state index is 0.108. The quantitative estimate of drug-likeness (QED) is 0.445.